The highest BCUT2D eigenvalue weighted by Gasteiger charge is 2.40. The van der Waals surface area contributed by atoms with E-state index in [9.17, 15) is 4.79 Å². The number of nitrogens with one attached hydrogen (secondary N) is 1. The Labute approximate surface area is 205 Å². The second kappa shape index (κ2) is 8.99. The third-order valence-electron chi connectivity index (χ3n) is 6.60. The fourth-order valence-electron chi connectivity index (χ4n) is 4.61. The van der Waals surface area contributed by atoms with Crippen LogP contribution in [0.5, 0.6) is 5.75 Å². The molecule has 0 saturated carbocycles. The normalized spacial score (nSPS) is 16.9. The monoisotopic (exact) mass is 483 g/mol. The van der Waals surface area contributed by atoms with Crippen LogP contribution < -0.4 is 4.74 Å². The van der Waals surface area contributed by atoms with Crippen LogP contribution in [0.1, 0.15) is 72.6 Å². The van der Waals surface area contributed by atoms with Gasteiger partial charge in [0.15, 0.2) is 5.78 Å². The van der Waals surface area contributed by atoms with Crippen molar-refractivity contribution < 1.29 is 9.53 Å². The first-order valence-corrected chi connectivity index (χ1v) is 13.9. The quantitative estimate of drug-likeness (QED) is 0.424. The number of hydrogen-bond acceptors (Lipinski definition) is 6. The number of pyridine rings is 1. The van der Waals surface area contributed by atoms with Crippen molar-refractivity contribution in [1.82, 2.24) is 9.88 Å². The van der Waals surface area contributed by atoms with Crippen molar-refractivity contribution in [2.24, 2.45) is 0 Å². The third-order valence-corrected chi connectivity index (χ3v) is 9.77. The van der Waals surface area contributed by atoms with Crippen LogP contribution in [0.25, 0.3) is 0 Å². The van der Waals surface area contributed by atoms with E-state index in [2.05, 4.69) is 45.2 Å². The molecule has 3 heterocycles. The van der Waals surface area contributed by atoms with Gasteiger partial charge in [0.05, 0.1) is 17.2 Å². The van der Waals surface area contributed by atoms with Gasteiger partial charge < -0.3 is 9.64 Å². The summed E-state index contributed by atoms with van der Waals surface area (Å²) in [5, 5.41) is 8.62. The molecule has 0 bridgehead atoms. The Kier molecular flexibility index (Phi) is 6.58. The molecular formula is C26H33N3O2S2. The van der Waals surface area contributed by atoms with E-state index in [-0.39, 0.29) is 21.8 Å². The SMILES string of the molecule is CCc1ccc2c(n1)C(=N)N(CC(=O)c1cc(C(C)(C)C)c3c(c1)C(SC)(SC)CCO3)C2. The first kappa shape index (κ1) is 24.1. The Morgan fingerprint density at radius 2 is 1.97 bits per heavy atom. The number of aryl methyl sites for hydroxylation is 1. The van der Waals surface area contributed by atoms with Crippen LogP contribution in [0.4, 0.5) is 0 Å². The molecule has 176 valence electrons. The minimum Gasteiger partial charge on any atom is -0.493 e. The van der Waals surface area contributed by atoms with Gasteiger partial charge in [0.2, 0.25) is 0 Å². The van der Waals surface area contributed by atoms with Crippen LogP contribution in [-0.2, 0) is 22.5 Å². The van der Waals surface area contributed by atoms with Crippen molar-refractivity contribution in [2.75, 3.05) is 25.7 Å². The van der Waals surface area contributed by atoms with Gasteiger partial charge >= 0.3 is 0 Å². The summed E-state index contributed by atoms with van der Waals surface area (Å²) >= 11 is 3.65. The zero-order chi connectivity index (χ0) is 24.0. The highest BCUT2D eigenvalue weighted by Crippen LogP contribution is 2.54. The lowest BCUT2D eigenvalue weighted by atomic mass is 9.82. The molecule has 33 heavy (non-hydrogen) atoms. The molecule has 0 fully saturated rings. The van der Waals surface area contributed by atoms with E-state index in [4.69, 9.17) is 10.1 Å². The van der Waals surface area contributed by atoms with E-state index in [0.717, 1.165) is 41.0 Å². The maximum Gasteiger partial charge on any atom is 0.182 e. The first-order chi connectivity index (χ1) is 15.6. The van der Waals surface area contributed by atoms with Crippen molar-refractivity contribution >= 4 is 35.1 Å². The summed E-state index contributed by atoms with van der Waals surface area (Å²) in [5.74, 6) is 1.30. The van der Waals surface area contributed by atoms with Crippen molar-refractivity contribution in [3.05, 3.63) is 57.9 Å². The molecule has 5 nitrogen and oxygen atoms in total. The van der Waals surface area contributed by atoms with Gasteiger partial charge in [-0.2, -0.15) is 0 Å². The number of fused-ring (bicyclic) bond motifs is 2. The van der Waals surface area contributed by atoms with Crippen LogP contribution in [0, 0.1) is 5.41 Å². The summed E-state index contributed by atoms with van der Waals surface area (Å²) in [5.41, 5.74) is 5.42. The predicted molar refractivity (Wildman–Crippen MR) is 139 cm³/mol. The molecule has 2 aliphatic rings. The number of benzene rings is 1. The average molecular weight is 484 g/mol. The van der Waals surface area contributed by atoms with E-state index in [0.29, 0.717) is 30.2 Å². The van der Waals surface area contributed by atoms with Crippen molar-refractivity contribution in [3.63, 3.8) is 0 Å². The van der Waals surface area contributed by atoms with Crippen molar-refractivity contribution in [3.8, 4) is 5.75 Å². The lowest BCUT2D eigenvalue weighted by molar-refractivity contribution is 0.0962. The zero-order valence-corrected chi connectivity index (χ0v) is 22.0. The number of amidine groups is 1. The molecule has 0 spiro atoms. The van der Waals surface area contributed by atoms with Crippen molar-refractivity contribution in [2.45, 2.75) is 56.6 Å². The Hall–Kier alpha value is -1.99. The second-order valence-corrected chi connectivity index (χ2v) is 12.2. The maximum absolute atomic E-state index is 13.6. The fraction of sp³-hybridized carbons (Fsp3) is 0.500. The Bertz CT molecular complexity index is 1100. The molecule has 0 unspecified atom stereocenters. The average Bonchev–Trinajstić information content (AvgIpc) is 3.11. The number of Topliss-reactive ketones (excluding diaryl/α,β-unsaturated/α-hetero) is 1. The van der Waals surface area contributed by atoms with E-state index < -0.39 is 0 Å². The zero-order valence-electron chi connectivity index (χ0n) is 20.4. The van der Waals surface area contributed by atoms with E-state index >= 15 is 0 Å². The summed E-state index contributed by atoms with van der Waals surface area (Å²) < 4.78 is 6.07. The molecule has 4 rings (SSSR count). The summed E-state index contributed by atoms with van der Waals surface area (Å²) in [6.07, 6.45) is 6.01. The van der Waals surface area contributed by atoms with Gasteiger partial charge in [-0.15, -0.1) is 23.5 Å². The molecule has 0 radical (unpaired) electrons. The Morgan fingerprint density at radius 3 is 2.61 bits per heavy atom. The summed E-state index contributed by atoms with van der Waals surface area (Å²) in [7, 11) is 0. The number of rotatable bonds is 6. The molecule has 0 amide bonds. The largest absolute Gasteiger partial charge is 0.493 e. The smallest absolute Gasteiger partial charge is 0.182 e. The number of nitrogens with zero attached hydrogens (tertiary/aromatic N) is 2. The lowest BCUT2D eigenvalue weighted by Gasteiger charge is -2.39. The molecule has 2 aliphatic heterocycles. The van der Waals surface area contributed by atoms with Gasteiger partial charge in [-0.05, 0) is 42.5 Å². The topological polar surface area (TPSA) is 66.3 Å². The highest BCUT2D eigenvalue weighted by atomic mass is 32.2. The molecule has 1 aromatic heterocycles. The molecule has 0 saturated heterocycles. The minimum absolute atomic E-state index is 0.0262. The Balaban J connectivity index is 1.69. The molecule has 1 N–H and O–H groups in total. The molecule has 2 aromatic rings. The van der Waals surface area contributed by atoms with Crippen molar-refractivity contribution in [1.29, 1.82) is 5.41 Å². The summed E-state index contributed by atoms with van der Waals surface area (Å²) in [6, 6.07) is 8.11. The molecule has 7 heteroatoms. The second-order valence-electron chi connectivity index (χ2n) is 9.70. The predicted octanol–water partition coefficient (Wildman–Crippen LogP) is 5.63. The number of carbonyl (C=O) groups is 1. The maximum atomic E-state index is 13.6. The van der Waals surface area contributed by atoms with Crippen LogP contribution in [0.15, 0.2) is 24.3 Å². The number of thioether (sulfide) groups is 2. The van der Waals surface area contributed by atoms with Gasteiger partial charge in [-0.1, -0.05) is 33.8 Å². The summed E-state index contributed by atoms with van der Waals surface area (Å²) in [6.45, 7) is 9.96. The van der Waals surface area contributed by atoms with Gasteiger partial charge in [0.1, 0.15) is 17.3 Å². The molecule has 0 atom stereocenters. The number of ether oxygens (including phenoxy) is 1. The molecule has 1 aromatic carbocycles. The fourth-order valence-corrected chi connectivity index (χ4v) is 6.59. The molecule has 0 aliphatic carbocycles. The first-order valence-electron chi connectivity index (χ1n) is 11.4. The number of ketones is 1. The molecular weight excluding hydrogens is 450 g/mol. The van der Waals surface area contributed by atoms with E-state index in [1.807, 2.05) is 52.7 Å². The summed E-state index contributed by atoms with van der Waals surface area (Å²) in [4.78, 5) is 20.0. The number of aromatic nitrogens is 1. The van der Waals surface area contributed by atoms with E-state index in [1.165, 1.54) is 0 Å². The van der Waals surface area contributed by atoms with E-state index in [1.54, 1.807) is 0 Å². The Morgan fingerprint density at radius 1 is 1.24 bits per heavy atom. The van der Waals surface area contributed by atoms with Crippen LogP contribution >= 0.6 is 23.5 Å². The lowest BCUT2D eigenvalue weighted by Crippen LogP contribution is -2.32. The van der Waals surface area contributed by atoms with Crippen LogP contribution in [0.2, 0.25) is 0 Å². The van der Waals surface area contributed by atoms with Gasteiger partial charge in [-0.25, -0.2) is 4.98 Å². The van der Waals surface area contributed by atoms with Crippen LogP contribution in [0.3, 0.4) is 0 Å². The van der Waals surface area contributed by atoms with Gasteiger partial charge in [0.25, 0.3) is 0 Å². The van der Waals surface area contributed by atoms with Gasteiger partial charge in [0, 0.05) is 40.9 Å². The highest BCUT2D eigenvalue weighted by molar-refractivity contribution is 8.16. The minimum atomic E-state index is -0.155. The number of hydrogen-bond donors (Lipinski definition) is 1. The van der Waals surface area contributed by atoms with Gasteiger partial charge in [-0.3, -0.25) is 10.2 Å². The number of carbonyl (C=O) groups excluding carboxylic acids is 1. The van der Waals surface area contributed by atoms with Crippen LogP contribution in [-0.4, -0.2) is 47.2 Å². The third kappa shape index (κ3) is 4.30. The standard InChI is InChI=1S/C26H33N3O2S2/c1-7-18-9-8-16-14-29(24(27)22(16)28-18)15-21(30)17-12-19(25(2,3)4)23-20(13-17)26(32-5,33-6)10-11-31-23/h8-9,12-13,27H,7,10-11,14-15H2,1-6H3.